The Kier molecular flexibility index (Phi) is 20.4. The molecule has 0 aromatic rings. The Labute approximate surface area is 164 Å². The van der Waals surface area contributed by atoms with E-state index < -0.39 is 0 Å². The molecule has 0 aromatic heterocycles. The molecular formula is C19H29LuO-. The van der Waals surface area contributed by atoms with Gasteiger partial charge < -0.3 is 11.7 Å². The van der Waals surface area contributed by atoms with Gasteiger partial charge in [0.1, 0.15) is 0 Å². The summed E-state index contributed by atoms with van der Waals surface area (Å²) in [5, 5.41) is 0. The molecule has 2 saturated carbocycles. The second-order valence-electron chi connectivity index (χ2n) is 5.80. The number of rotatable bonds is 0. The second-order valence-corrected chi connectivity index (χ2v) is 5.80. The van der Waals surface area contributed by atoms with Gasteiger partial charge in [-0.05, 0) is 77.0 Å². The van der Waals surface area contributed by atoms with Gasteiger partial charge in [-0.15, -0.1) is 0 Å². The molecule has 0 spiro atoms. The number of hydrogen-bond donors (Lipinski definition) is 0. The van der Waals surface area contributed by atoms with Crippen LogP contribution in [0.4, 0.5) is 0 Å². The zero-order valence-electron chi connectivity index (χ0n) is 13.5. The quantitative estimate of drug-likeness (QED) is 0.488. The Morgan fingerprint density at radius 3 is 0.952 bits per heavy atom. The van der Waals surface area contributed by atoms with Crippen LogP contribution in [0.25, 0.3) is 0 Å². The molecule has 1 saturated heterocycles. The van der Waals surface area contributed by atoms with Gasteiger partial charge in [0.15, 0.2) is 0 Å². The molecule has 3 aliphatic rings. The van der Waals surface area contributed by atoms with Crippen molar-refractivity contribution in [1.29, 1.82) is 0 Å². The molecule has 2 aliphatic carbocycles. The van der Waals surface area contributed by atoms with Crippen LogP contribution in [0.1, 0.15) is 33.6 Å². The fraction of sp³-hybridized carbons (Fsp3) is 0.421. The fourth-order valence-corrected chi connectivity index (χ4v) is 1.15. The van der Waals surface area contributed by atoms with Gasteiger partial charge in [-0.3, -0.25) is 0 Å². The molecular weight excluding hydrogens is 419 g/mol. The van der Waals surface area contributed by atoms with Gasteiger partial charge in [-0.25, -0.2) is 0 Å². The predicted octanol–water partition coefficient (Wildman–Crippen LogP) is 4.71. The first-order valence-corrected chi connectivity index (χ1v) is 7.26. The van der Waals surface area contributed by atoms with Gasteiger partial charge in [0, 0.05) is 50.1 Å². The van der Waals surface area contributed by atoms with Gasteiger partial charge in [0.25, 0.3) is 0 Å². The Morgan fingerprint density at radius 1 is 0.667 bits per heavy atom. The third-order valence-corrected chi connectivity index (χ3v) is 1.94. The SMILES string of the molecule is C1CCOC1.[CH2-]C(C)(C)C.[CH]1[CH][CH][CH][CH]1.[CH]1[CH][CH][CH][CH]1.[Lu]. The Balaban J connectivity index is 0. The summed E-state index contributed by atoms with van der Waals surface area (Å²) in [6, 6.07) is 0. The van der Waals surface area contributed by atoms with Crippen LogP contribution in [0.5, 0.6) is 0 Å². The molecule has 1 nitrogen and oxygen atoms in total. The monoisotopic (exact) mass is 448 g/mol. The Morgan fingerprint density at radius 2 is 0.857 bits per heavy atom. The van der Waals surface area contributed by atoms with Gasteiger partial charge in [-0.2, -0.15) is 5.41 Å². The maximum atomic E-state index is 4.94. The molecule has 0 bridgehead atoms. The Bertz CT molecular complexity index is 122. The van der Waals surface area contributed by atoms with E-state index in [-0.39, 0.29) is 42.3 Å². The topological polar surface area (TPSA) is 9.23 Å². The van der Waals surface area contributed by atoms with Gasteiger partial charge in [0.2, 0.25) is 0 Å². The van der Waals surface area contributed by atoms with Crippen LogP contribution in [0, 0.1) is 113 Å². The van der Waals surface area contributed by atoms with Crippen molar-refractivity contribution < 1.29 is 41.6 Å². The molecule has 11 radical (unpaired) electrons. The smallest absolute Gasteiger partial charge is 0.0466 e. The van der Waals surface area contributed by atoms with Crippen LogP contribution in [-0.4, -0.2) is 13.2 Å². The molecule has 1 aliphatic heterocycles. The average Bonchev–Trinajstić information content (AvgIpc) is 3.17. The fourth-order valence-electron chi connectivity index (χ4n) is 1.15. The molecule has 0 aromatic carbocycles. The molecule has 0 atom stereocenters. The van der Waals surface area contributed by atoms with E-state index in [0.717, 1.165) is 13.2 Å². The van der Waals surface area contributed by atoms with E-state index in [1.54, 1.807) is 0 Å². The first-order valence-electron chi connectivity index (χ1n) is 7.26. The normalized spacial score (nSPS) is 20.0. The van der Waals surface area contributed by atoms with Gasteiger partial charge >= 0.3 is 0 Å². The molecule has 2 heteroatoms. The second kappa shape index (κ2) is 17.5. The van der Waals surface area contributed by atoms with Crippen LogP contribution in [0.2, 0.25) is 0 Å². The summed E-state index contributed by atoms with van der Waals surface area (Å²) in [4.78, 5) is 0. The van der Waals surface area contributed by atoms with Crippen molar-refractivity contribution in [2.75, 3.05) is 13.2 Å². The number of hydrogen-bond acceptors (Lipinski definition) is 1. The van der Waals surface area contributed by atoms with Crippen LogP contribution in [-0.2, 0) is 4.74 Å². The molecule has 21 heavy (non-hydrogen) atoms. The summed E-state index contributed by atoms with van der Waals surface area (Å²) in [5.41, 5.74) is 0.250. The van der Waals surface area contributed by atoms with Crippen molar-refractivity contribution in [3.8, 4) is 0 Å². The van der Waals surface area contributed by atoms with E-state index in [1.165, 1.54) is 12.8 Å². The minimum Gasteiger partial charge on any atom is -0.381 e. The number of ether oxygens (including phenoxy) is 1. The van der Waals surface area contributed by atoms with E-state index in [1.807, 2.05) is 64.2 Å². The summed E-state index contributed by atoms with van der Waals surface area (Å²) in [7, 11) is 0. The third kappa shape index (κ3) is 29.8. The van der Waals surface area contributed by atoms with Crippen molar-refractivity contribution in [1.82, 2.24) is 0 Å². The van der Waals surface area contributed by atoms with Gasteiger partial charge in [0.05, 0.1) is 0 Å². The van der Waals surface area contributed by atoms with E-state index >= 15 is 0 Å². The van der Waals surface area contributed by atoms with Crippen molar-refractivity contribution in [3.63, 3.8) is 0 Å². The molecule has 0 amide bonds. The summed E-state index contributed by atoms with van der Waals surface area (Å²) >= 11 is 0. The van der Waals surface area contributed by atoms with Crippen LogP contribution in [0.3, 0.4) is 0 Å². The van der Waals surface area contributed by atoms with Crippen molar-refractivity contribution in [2.45, 2.75) is 33.6 Å². The van der Waals surface area contributed by atoms with Crippen LogP contribution >= 0.6 is 0 Å². The average molecular weight is 448 g/mol. The minimum absolute atomic E-state index is 0. The molecule has 0 unspecified atom stereocenters. The molecule has 3 rings (SSSR count). The first-order chi connectivity index (χ1) is 9.50. The summed E-state index contributed by atoms with van der Waals surface area (Å²) in [5.74, 6) is 0. The largest absolute Gasteiger partial charge is 0.381 e. The van der Waals surface area contributed by atoms with Crippen molar-refractivity contribution in [3.05, 3.63) is 71.1 Å². The van der Waals surface area contributed by atoms with Crippen molar-refractivity contribution in [2.24, 2.45) is 5.41 Å². The maximum Gasteiger partial charge on any atom is 0.0466 e. The van der Waals surface area contributed by atoms with Crippen LogP contribution < -0.4 is 0 Å². The standard InChI is InChI=1S/2C5H5.C5H11.C4H8O.Lu/c2*1-2-4-5-3-1;1-5(2,3)4;1-2-4-5-3-1;/h2*1-5H;1H2,2-4H3;1-4H2;/q;;-1;;. The molecule has 3 fully saturated rings. The summed E-state index contributed by atoms with van der Waals surface area (Å²) < 4.78 is 4.94. The predicted molar refractivity (Wildman–Crippen MR) is 87.9 cm³/mol. The van der Waals surface area contributed by atoms with E-state index in [9.17, 15) is 0 Å². The van der Waals surface area contributed by atoms with Gasteiger partial charge in [-0.1, -0.05) is 20.8 Å². The maximum absolute atomic E-state index is 4.94. The summed E-state index contributed by atoms with van der Waals surface area (Å²) in [6.07, 6.45) is 22.6. The third-order valence-electron chi connectivity index (χ3n) is 1.94. The Hall–Kier alpha value is 1.19. The first kappa shape index (κ1) is 24.4. The summed E-state index contributed by atoms with van der Waals surface area (Å²) in [6.45, 7) is 12.0. The van der Waals surface area contributed by atoms with E-state index in [4.69, 9.17) is 4.74 Å². The zero-order chi connectivity index (χ0) is 15.1. The van der Waals surface area contributed by atoms with E-state index in [0.29, 0.717) is 0 Å². The van der Waals surface area contributed by atoms with E-state index in [2.05, 4.69) is 27.7 Å². The zero-order valence-corrected chi connectivity index (χ0v) is 15.1. The minimum atomic E-state index is 0. The van der Waals surface area contributed by atoms with Crippen molar-refractivity contribution >= 4 is 0 Å². The van der Waals surface area contributed by atoms with Crippen LogP contribution in [0.15, 0.2) is 0 Å². The molecule has 0 N–H and O–H groups in total. The molecule has 127 valence electrons. The molecule has 1 heterocycles.